The molecule has 0 spiro atoms. The molecule has 10 heteroatoms. The molecule has 2 heterocycles. The minimum absolute atomic E-state index is 0.0187. The summed E-state index contributed by atoms with van der Waals surface area (Å²) in [6, 6.07) is 16.5. The number of para-hydroxylation sites is 1. The van der Waals surface area contributed by atoms with E-state index in [-0.39, 0.29) is 17.6 Å². The number of aromatic nitrogens is 2. The molecule has 2 amide bonds. The van der Waals surface area contributed by atoms with Crippen LogP contribution >= 0.6 is 23.1 Å². The molecule has 0 aliphatic carbocycles. The minimum atomic E-state index is -0.0800. The summed E-state index contributed by atoms with van der Waals surface area (Å²) in [7, 11) is 1.60. The summed E-state index contributed by atoms with van der Waals surface area (Å²) in [5.74, 6) is 0.941. The van der Waals surface area contributed by atoms with Crippen molar-refractivity contribution in [3.8, 4) is 5.75 Å². The molecule has 0 saturated carbocycles. The fourth-order valence-corrected chi connectivity index (χ4v) is 4.94. The SMILES string of the molecule is COc1ccc(C(=O)N2CCN(c3nnc(SCC(=O)Nc4ccccc4)s3)CC2)cc1. The van der Waals surface area contributed by atoms with Crippen molar-refractivity contribution in [2.24, 2.45) is 0 Å². The van der Waals surface area contributed by atoms with Gasteiger partial charge in [-0.1, -0.05) is 41.3 Å². The lowest BCUT2D eigenvalue weighted by molar-refractivity contribution is -0.113. The number of ether oxygens (including phenoxy) is 1. The Balaban J connectivity index is 1.25. The van der Waals surface area contributed by atoms with Gasteiger partial charge in [0.05, 0.1) is 12.9 Å². The van der Waals surface area contributed by atoms with E-state index >= 15 is 0 Å². The van der Waals surface area contributed by atoms with E-state index in [1.54, 1.807) is 31.4 Å². The molecule has 0 radical (unpaired) electrons. The second-order valence-corrected chi connectivity index (χ2v) is 9.24. The van der Waals surface area contributed by atoms with Crippen molar-refractivity contribution in [1.29, 1.82) is 0 Å². The van der Waals surface area contributed by atoms with Gasteiger partial charge in [-0.05, 0) is 36.4 Å². The number of hydrogen-bond acceptors (Lipinski definition) is 8. The van der Waals surface area contributed by atoms with E-state index in [0.717, 1.165) is 20.9 Å². The number of anilines is 2. The molecule has 32 heavy (non-hydrogen) atoms. The first kappa shape index (κ1) is 22.1. The number of nitrogens with one attached hydrogen (secondary N) is 1. The van der Waals surface area contributed by atoms with Gasteiger partial charge in [0, 0.05) is 37.4 Å². The van der Waals surface area contributed by atoms with E-state index in [1.807, 2.05) is 35.2 Å². The van der Waals surface area contributed by atoms with E-state index in [0.29, 0.717) is 31.7 Å². The summed E-state index contributed by atoms with van der Waals surface area (Å²) in [6.45, 7) is 2.62. The van der Waals surface area contributed by atoms with Gasteiger partial charge in [0.2, 0.25) is 11.0 Å². The Morgan fingerprint density at radius 3 is 2.44 bits per heavy atom. The van der Waals surface area contributed by atoms with Crippen LogP contribution in [-0.4, -0.2) is 66.0 Å². The molecule has 1 aromatic heterocycles. The molecule has 1 fully saturated rings. The van der Waals surface area contributed by atoms with Gasteiger partial charge >= 0.3 is 0 Å². The van der Waals surface area contributed by atoms with Crippen LogP contribution in [0.3, 0.4) is 0 Å². The summed E-state index contributed by atoms with van der Waals surface area (Å²) in [5, 5.41) is 12.2. The molecule has 4 rings (SSSR count). The van der Waals surface area contributed by atoms with Crippen LogP contribution < -0.4 is 15.0 Å². The maximum Gasteiger partial charge on any atom is 0.253 e. The van der Waals surface area contributed by atoms with E-state index in [9.17, 15) is 9.59 Å². The quantitative estimate of drug-likeness (QED) is 0.532. The highest BCUT2D eigenvalue weighted by molar-refractivity contribution is 8.01. The van der Waals surface area contributed by atoms with Gasteiger partial charge in [-0.3, -0.25) is 9.59 Å². The number of rotatable bonds is 7. The number of carbonyl (C=O) groups excluding carboxylic acids is 2. The highest BCUT2D eigenvalue weighted by Gasteiger charge is 2.24. The number of hydrogen-bond donors (Lipinski definition) is 1. The molecule has 1 saturated heterocycles. The van der Waals surface area contributed by atoms with Crippen molar-refractivity contribution in [2.45, 2.75) is 4.34 Å². The normalized spacial score (nSPS) is 13.7. The zero-order valence-electron chi connectivity index (χ0n) is 17.6. The second-order valence-electron chi connectivity index (χ2n) is 7.06. The van der Waals surface area contributed by atoms with E-state index in [2.05, 4.69) is 20.4 Å². The zero-order valence-corrected chi connectivity index (χ0v) is 19.2. The highest BCUT2D eigenvalue weighted by Crippen LogP contribution is 2.29. The maximum absolute atomic E-state index is 12.7. The average Bonchev–Trinajstić information content (AvgIpc) is 3.32. The number of benzene rings is 2. The van der Waals surface area contributed by atoms with Crippen LogP contribution in [0.4, 0.5) is 10.8 Å². The number of amides is 2. The number of nitrogens with zero attached hydrogens (tertiary/aromatic N) is 4. The summed E-state index contributed by atoms with van der Waals surface area (Å²) in [4.78, 5) is 28.8. The Morgan fingerprint density at radius 2 is 1.75 bits per heavy atom. The van der Waals surface area contributed by atoms with Crippen LogP contribution in [0, 0.1) is 0 Å². The van der Waals surface area contributed by atoms with Crippen molar-refractivity contribution in [3.05, 3.63) is 60.2 Å². The van der Waals surface area contributed by atoms with Crippen LogP contribution in [0.15, 0.2) is 58.9 Å². The molecular weight excluding hydrogens is 446 g/mol. The average molecular weight is 470 g/mol. The van der Waals surface area contributed by atoms with Gasteiger partial charge in [0.1, 0.15) is 5.75 Å². The van der Waals surface area contributed by atoms with Crippen molar-refractivity contribution >= 4 is 45.7 Å². The third-order valence-electron chi connectivity index (χ3n) is 4.95. The first-order chi connectivity index (χ1) is 15.6. The highest BCUT2D eigenvalue weighted by atomic mass is 32.2. The van der Waals surface area contributed by atoms with E-state index in [4.69, 9.17) is 4.74 Å². The molecule has 1 aliphatic rings. The summed E-state index contributed by atoms with van der Waals surface area (Å²) >= 11 is 2.84. The van der Waals surface area contributed by atoms with Crippen LogP contribution in [0.5, 0.6) is 5.75 Å². The molecule has 1 aliphatic heterocycles. The predicted molar refractivity (Wildman–Crippen MR) is 127 cm³/mol. The fraction of sp³-hybridized carbons (Fsp3) is 0.273. The van der Waals surface area contributed by atoms with Crippen LogP contribution in [0.2, 0.25) is 0 Å². The lowest BCUT2D eigenvalue weighted by Gasteiger charge is -2.34. The molecule has 0 bridgehead atoms. The molecule has 3 aromatic rings. The number of methoxy groups -OCH3 is 1. The largest absolute Gasteiger partial charge is 0.497 e. The van der Waals surface area contributed by atoms with Gasteiger partial charge in [-0.2, -0.15) is 0 Å². The zero-order chi connectivity index (χ0) is 22.3. The molecule has 1 N–H and O–H groups in total. The molecule has 0 atom stereocenters. The van der Waals surface area contributed by atoms with Crippen LogP contribution in [-0.2, 0) is 4.79 Å². The van der Waals surface area contributed by atoms with Crippen molar-refractivity contribution in [2.75, 3.05) is 49.3 Å². The fourth-order valence-electron chi connectivity index (χ4n) is 3.25. The van der Waals surface area contributed by atoms with Gasteiger partial charge in [-0.25, -0.2) is 0 Å². The molecule has 0 unspecified atom stereocenters. The Bertz CT molecular complexity index is 1050. The Morgan fingerprint density at radius 1 is 1.03 bits per heavy atom. The second kappa shape index (κ2) is 10.5. The lowest BCUT2D eigenvalue weighted by atomic mass is 10.1. The summed E-state index contributed by atoms with van der Waals surface area (Å²) in [5.41, 5.74) is 1.43. The number of carbonyl (C=O) groups is 2. The van der Waals surface area contributed by atoms with Gasteiger partial charge < -0.3 is 19.9 Å². The van der Waals surface area contributed by atoms with Crippen molar-refractivity contribution in [1.82, 2.24) is 15.1 Å². The van der Waals surface area contributed by atoms with Crippen LogP contribution in [0.25, 0.3) is 0 Å². The van der Waals surface area contributed by atoms with Crippen molar-refractivity contribution in [3.63, 3.8) is 0 Å². The Labute approximate surface area is 194 Å². The molecule has 8 nitrogen and oxygen atoms in total. The first-order valence-corrected chi connectivity index (χ1v) is 11.9. The Kier molecular flexibility index (Phi) is 7.23. The Hall–Kier alpha value is -3.11. The van der Waals surface area contributed by atoms with Gasteiger partial charge in [0.15, 0.2) is 4.34 Å². The first-order valence-electron chi connectivity index (χ1n) is 10.1. The lowest BCUT2D eigenvalue weighted by Crippen LogP contribution is -2.48. The molecule has 166 valence electrons. The van der Waals surface area contributed by atoms with Gasteiger partial charge in [0.25, 0.3) is 5.91 Å². The third kappa shape index (κ3) is 5.57. The van der Waals surface area contributed by atoms with Gasteiger partial charge in [-0.15, -0.1) is 10.2 Å². The number of piperazine rings is 1. The summed E-state index contributed by atoms with van der Waals surface area (Å²) in [6.07, 6.45) is 0. The third-order valence-corrected chi connectivity index (χ3v) is 7.07. The molecule has 2 aromatic carbocycles. The topological polar surface area (TPSA) is 87.7 Å². The number of thioether (sulfide) groups is 1. The monoisotopic (exact) mass is 469 g/mol. The van der Waals surface area contributed by atoms with Crippen molar-refractivity contribution < 1.29 is 14.3 Å². The standard InChI is InChI=1S/C22H23N5O3S2/c1-30-18-9-7-16(8-10-18)20(29)26-11-13-27(14-12-26)21-24-25-22(32-21)31-15-19(28)23-17-5-3-2-4-6-17/h2-10H,11-15H2,1H3,(H,23,28). The smallest absolute Gasteiger partial charge is 0.253 e. The predicted octanol–water partition coefficient (Wildman–Crippen LogP) is 3.24. The summed E-state index contributed by atoms with van der Waals surface area (Å²) < 4.78 is 5.90. The molecular formula is C22H23N5O3S2. The minimum Gasteiger partial charge on any atom is -0.497 e. The van der Waals surface area contributed by atoms with E-state index in [1.165, 1.54) is 23.1 Å². The van der Waals surface area contributed by atoms with E-state index < -0.39 is 0 Å². The maximum atomic E-state index is 12.7. The van der Waals surface area contributed by atoms with Crippen LogP contribution in [0.1, 0.15) is 10.4 Å².